The minimum atomic E-state index is 0. The summed E-state index contributed by atoms with van der Waals surface area (Å²) in [5.74, 6) is 0. The fourth-order valence-electron chi connectivity index (χ4n) is 0. The second kappa shape index (κ2) is 66.0. The Morgan fingerprint density at radius 3 is 0.714 bits per heavy atom. The first kappa shape index (κ1) is 32.7. The first-order valence-corrected chi connectivity index (χ1v) is 5.07. The SMILES string of the molecule is CI.CI.[Ag+].[Ag+].[O-2]. The van der Waals surface area contributed by atoms with Gasteiger partial charge in [-0.1, -0.05) is 45.2 Å². The van der Waals surface area contributed by atoms with Crippen LogP contribution < -0.4 is 0 Å². The molecule has 0 N–H and O–H groups in total. The Morgan fingerprint density at radius 2 is 0.714 bits per heavy atom. The van der Waals surface area contributed by atoms with Crippen LogP contribution in [0.5, 0.6) is 0 Å². The first-order valence-electron chi connectivity index (χ1n) is 0.756. The molecule has 0 aromatic carbocycles. The molecule has 0 aromatic heterocycles. The van der Waals surface area contributed by atoms with Crippen molar-refractivity contribution in [2.45, 2.75) is 0 Å². The van der Waals surface area contributed by atoms with Crippen LogP contribution >= 0.6 is 45.2 Å². The number of hydrogen-bond acceptors (Lipinski definition) is 0. The summed E-state index contributed by atoms with van der Waals surface area (Å²) < 4.78 is 0. The molecule has 0 amide bonds. The van der Waals surface area contributed by atoms with Gasteiger partial charge in [0.15, 0.2) is 0 Å². The molecule has 0 radical (unpaired) electrons. The average Bonchev–Trinajstić information content (AvgIpc) is 1.50. The van der Waals surface area contributed by atoms with Crippen LogP contribution in [0.25, 0.3) is 0 Å². The molecule has 0 fully saturated rings. The summed E-state index contributed by atoms with van der Waals surface area (Å²) in [5.41, 5.74) is 0. The van der Waals surface area contributed by atoms with Gasteiger partial charge in [-0.3, -0.25) is 0 Å². The summed E-state index contributed by atoms with van der Waals surface area (Å²) in [6.45, 7) is 0. The number of hydrogen-bond donors (Lipinski definition) is 0. The van der Waals surface area contributed by atoms with E-state index in [4.69, 9.17) is 0 Å². The topological polar surface area (TPSA) is 28.5 Å². The molecule has 0 saturated carbocycles. The van der Waals surface area contributed by atoms with Crippen LogP contribution in [-0.2, 0) is 50.2 Å². The van der Waals surface area contributed by atoms with E-state index in [2.05, 4.69) is 45.2 Å². The molecule has 7 heavy (non-hydrogen) atoms. The maximum Gasteiger partial charge on any atom is 1.00 e. The Bertz CT molecular complexity index is 13.7. The number of halogens is 2. The van der Waals surface area contributed by atoms with Gasteiger partial charge in [-0.2, -0.15) is 0 Å². The predicted octanol–water partition coefficient (Wildman–Crippen LogP) is 1.98. The maximum absolute atomic E-state index is 2.15. The van der Waals surface area contributed by atoms with Crippen molar-refractivity contribution in [3.63, 3.8) is 0 Å². The fourth-order valence-corrected chi connectivity index (χ4v) is 0. The number of alkyl halides is 2. The third-order valence-electron chi connectivity index (χ3n) is 0. The van der Waals surface area contributed by atoms with Gasteiger partial charge >= 0.3 is 44.8 Å². The van der Waals surface area contributed by atoms with E-state index in [0.29, 0.717) is 0 Å². The molecule has 0 bridgehead atoms. The quantitative estimate of drug-likeness (QED) is 0.268. The van der Waals surface area contributed by atoms with Crippen LogP contribution in [0, 0.1) is 0 Å². The van der Waals surface area contributed by atoms with Gasteiger partial charge in [-0.05, 0) is 9.86 Å². The molecule has 0 unspecified atom stereocenters. The van der Waals surface area contributed by atoms with Crippen molar-refractivity contribution in [2.75, 3.05) is 9.86 Å². The average molecular weight is 516 g/mol. The molecule has 1 nitrogen and oxygen atoms in total. The monoisotopic (exact) mass is 514 g/mol. The molecule has 0 spiro atoms. The molecule has 0 heterocycles. The van der Waals surface area contributed by atoms with Gasteiger partial charge < -0.3 is 5.48 Å². The van der Waals surface area contributed by atoms with Crippen molar-refractivity contribution >= 4 is 45.2 Å². The summed E-state index contributed by atoms with van der Waals surface area (Å²) >= 11 is 4.30. The van der Waals surface area contributed by atoms with Crippen molar-refractivity contribution in [1.82, 2.24) is 0 Å². The van der Waals surface area contributed by atoms with E-state index in [1.807, 2.05) is 9.86 Å². The van der Waals surface area contributed by atoms with Gasteiger partial charge in [0.2, 0.25) is 0 Å². The molecule has 0 atom stereocenters. The standard InChI is InChI=1S/2CH3I.2Ag.O/c2*1-2;;;/h2*1H3;;;/q;;2*+1;-2. The fraction of sp³-hybridized carbons (Fsp3) is 1.00. The van der Waals surface area contributed by atoms with Gasteiger partial charge in [-0.25, -0.2) is 0 Å². The molecular weight excluding hydrogens is 510 g/mol. The molecule has 0 rings (SSSR count). The van der Waals surface area contributed by atoms with Crippen molar-refractivity contribution in [2.24, 2.45) is 0 Å². The first-order chi connectivity index (χ1) is 2.00. The van der Waals surface area contributed by atoms with E-state index in [1.54, 1.807) is 0 Å². The van der Waals surface area contributed by atoms with Crippen LogP contribution in [0.1, 0.15) is 0 Å². The molecule has 0 saturated heterocycles. The summed E-state index contributed by atoms with van der Waals surface area (Å²) in [6.07, 6.45) is 0. The minimum Gasteiger partial charge on any atom is -2.00 e. The van der Waals surface area contributed by atoms with E-state index >= 15 is 0 Å². The zero-order chi connectivity index (χ0) is 4.00. The van der Waals surface area contributed by atoms with E-state index in [1.165, 1.54) is 0 Å². The van der Waals surface area contributed by atoms with Crippen molar-refractivity contribution in [3.05, 3.63) is 0 Å². The largest absolute Gasteiger partial charge is 2.00 e. The normalized spacial score (nSPS) is 1.71. The Kier molecular flexibility index (Phi) is 308. The Morgan fingerprint density at radius 1 is 0.714 bits per heavy atom. The van der Waals surface area contributed by atoms with Gasteiger partial charge in [0.05, 0.1) is 0 Å². The smallest absolute Gasteiger partial charge is 1.00 e. The van der Waals surface area contributed by atoms with Crippen LogP contribution in [0.3, 0.4) is 0 Å². The second-order valence-electron chi connectivity index (χ2n) is 0. The predicted molar refractivity (Wildman–Crippen MR) is 40.6 cm³/mol. The summed E-state index contributed by atoms with van der Waals surface area (Å²) in [5, 5.41) is 0. The Hall–Kier alpha value is 2.90. The number of rotatable bonds is 0. The van der Waals surface area contributed by atoms with Crippen LogP contribution in [0.2, 0.25) is 0 Å². The molecule has 0 aromatic rings. The van der Waals surface area contributed by atoms with Crippen LogP contribution in [0.4, 0.5) is 0 Å². The molecule has 56 valence electrons. The third kappa shape index (κ3) is 50.4. The summed E-state index contributed by atoms with van der Waals surface area (Å²) in [6, 6.07) is 0. The Balaban J connectivity index is -0.00000000267. The zero-order valence-electron chi connectivity index (χ0n) is 3.77. The van der Waals surface area contributed by atoms with Crippen LogP contribution in [-0.4, -0.2) is 9.86 Å². The molecule has 5 heteroatoms. The van der Waals surface area contributed by atoms with Crippen molar-refractivity contribution in [1.29, 1.82) is 0 Å². The maximum atomic E-state index is 2.15. The van der Waals surface area contributed by atoms with Gasteiger partial charge in [0.25, 0.3) is 0 Å². The third-order valence-corrected chi connectivity index (χ3v) is 0. The Labute approximate surface area is 103 Å². The van der Waals surface area contributed by atoms with Gasteiger partial charge in [0, 0.05) is 0 Å². The molecule has 0 aliphatic carbocycles. The van der Waals surface area contributed by atoms with E-state index in [0.717, 1.165) is 0 Å². The minimum absolute atomic E-state index is 0. The van der Waals surface area contributed by atoms with Gasteiger partial charge in [-0.15, -0.1) is 0 Å². The summed E-state index contributed by atoms with van der Waals surface area (Å²) in [7, 11) is 0. The molecule has 0 aliphatic rings. The zero-order valence-corrected chi connectivity index (χ0v) is 11.0. The van der Waals surface area contributed by atoms with E-state index < -0.39 is 0 Å². The van der Waals surface area contributed by atoms with Gasteiger partial charge in [0.1, 0.15) is 0 Å². The second-order valence-corrected chi connectivity index (χ2v) is 0. The van der Waals surface area contributed by atoms with Crippen molar-refractivity contribution < 1.29 is 50.2 Å². The van der Waals surface area contributed by atoms with E-state index in [9.17, 15) is 0 Å². The molecule has 0 aliphatic heterocycles. The summed E-state index contributed by atoms with van der Waals surface area (Å²) in [4.78, 5) is 3.94. The molecular formula is C2H6Ag2I2O. The van der Waals surface area contributed by atoms with E-state index in [-0.39, 0.29) is 50.2 Å². The van der Waals surface area contributed by atoms with Crippen molar-refractivity contribution in [3.8, 4) is 0 Å². The van der Waals surface area contributed by atoms with Crippen LogP contribution in [0.15, 0.2) is 0 Å².